The van der Waals surface area contributed by atoms with E-state index in [0.29, 0.717) is 25.3 Å². The number of amides is 2. The van der Waals surface area contributed by atoms with Crippen LogP contribution in [0.4, 0.5) is 5.69 Å². The van der Waals surface area contributed by atoms with E-state index in [2.05, 4.69) is 5.32 Å². The molecular weight excluding hydrogens is 450 g/mol. The van der Waals surface area contributed by atoms with Gasteiger partial charge in [0.15, 0.2) is 0 Å². The molecule has 0 unspecified atom stereocenters. The third-order valence-corrected chi connectivity index (χ3v) is 8.26. The molecule has 1 aliphatic heterocycles. The molecule has 0 aromatic heterocycles. The standard InChI is InChI=1S/C22H27N3O5S2/c1-4-24(5-2)32(28,29)18-10-11-20-19(12-18)25(22(27)15-31-20)14-21(26)23-13-16-6-8-17(30-3)9-7-16/h6-12H,4-5,13-15H2,1-3H3,(H,23,26). The van der Waals surface area contributed by atoms with Gasteiger partial charge in [-0.3, -0.25) is 9.59 Å². The Morgan fingerprint density at radius 1 is 1.16 bits per heavy atom. The SMILES string of the molecule is CCN(CC)S(=O)(=O)c1ccc2c(c1)N(CC(=O)NCc1ccc(OC)cc1)C(=O)CS2. The number of hydrogen-bond donors (Lipinski definition) is 1. The molecule has 2 aromatic carbocycles. The number of sulfonamides is 1. The maximum absolute atomic E-state index is 12.9. The lowest BCUT2D eigenvalue weighted by Crippen LogP contribution is -2.43. The van der Waals surface area contributed by atoms with Gasteiger partial charge in [-0.2, -0.15) is 4.31 Å². The molecule has 1 N–H and O–H groups in total. The monoisotopic (exact) mass is 477 g/mol. The van der Waals surface area contributed by atoms with Crippen molar-refractivity contribution in [2.45, 2.75) is 30.2 Å². The summed E-state index contributed by atoms with van der Waals surface area (Å²) in [6.07, 6.45) is 0. The Labute approximate surface area is 193 Å². The molecule has 0 saturated carbocycles. The summed E-state index contributed by atoms with van der Waals surface area (Å²) in [6, 6.07) is 12.1. The van der Waals surface area contributed by atoms with E-state index in [-0.39, 0.29) is 29.0 Å². The summed E-state index contributed by atoms with van der Waals surface area (Å²) in [7, 11) is -2.10. The number of thioether (sulfide) groups is 1. The van der Waals surface area contributed by atoms with Crippen LogP contribution in [0.15, 0.2) is 52.3 Å². The second-order valence-corrected chi connectivity index (χ2v) is 10.1. The maximum Gasteiger partial charge on any atom is 0.243 e. The smallest absolute Gasteiger partial charge is 0.243 e. The lowest BCUT2D eigenvalue weighted by Gasteiger charge is -2.29. The van der Waals surface area contributed by atoms with E-state index in [4.69, 9.17) is 4.74 Å². The first kappa shape index (κ1) is 24.1. The van der Waals surface area contributed by atoms with Crippen LogP contribution in [0.2, 0.25) is 0 Å². The summed E-state index contributed by atoms with van der Waals surface area (Å²) in [6.45, 7) is 4.37. The fourth-order valence-electron chi connectivity index (χ4n) is 3.37. The van der Waals surface area contributed by atoms with Crippen LogP contribution in [0, 0.1) is 0 Å². The Bertz CT molecular complexity index is 1080. The van der Waals surface area contributed by atoms with Gasteiger partial charge in [0.05, 0.1) is 23.4 Å². The highest BCUT2D eigenvalue weighted by molar-refractivity contribution is 8.00. The number of carbonyl (C=O) groups excluding carboxylic acids is 2. The topological polar surface area (TPSA) is 96.0 Å². The summed E-state index contributed by atoms with van der Waals surface area (Å²) >= 11 is 1.34. The summed E-state index contributed by atoms with van der Waals surface area (Å²) in [5, 5.41) is 2.81. The third-order valence-electron chi connectivity index (χ3n) is 5.17. The quantitative estimate of drug-likeness (QED) is 0.596. The Morgan fingerprint density at radius 3 is 2.47 bits per heavy atom. The van der Waals surface area contributed by atoms with Crippen molar-refractivity contribution < 1.29 is 22.7 Å². The summed E-state index contributed by atoms with van der Waals surface area (Å²) < 4.78 is 32.3. The molecule has 8 nitrogen and oxygen atoms in total. The largest absolute Gasteiger partial charge is 0.497 e. The molecule has 3 rings (SSSR count). The number of rotatable bonds is 9. The molecule has 0 saturated heterocycles. The average molecular weight is 478 g/mol. The predicted octanol–water partition coefficient (Wildman–Crippen LogP) is 2.48. The minimum atomic E-state index is -3.68. The van der Waals surface area contributed by atoms with Crippen molar-refractivity contribution >= 4 is 39.3 Å². The van der Waals surface area contributed by atoms with E-state index < -0.39 is 10.0 Å². The normalized spacial score (nSPS) is 13.8. The molecular formula is C22H27N3O5S2. The van der Waals surface area contributed by atoms with Gasteiger partial charge in [-0.15, -0.1) is 11.8 Å². The van der Waals surface area contributed by atoms with Gasteiger partial charge in [0, 0.05) is 24.5 Å². The van der Waals surface area contributed by atoms with Crippen LogP contribution in [0.5, 0.6) is 5.75 Å². The van der Waals surface area contributed by atoms with Crippen molar-refractivity contribution in [2.75, 3.05) is 37.4 Å². The number of ether oxygens (including phenoxy) is 1. The van der Waals surface area contributed by atoms with Crippen LogP contribution in [0.3, 0.4) is 0 Å². The molecule has 2 aromatic rings. The van der Waals surface area contributed by atoms with Gasteiger partial charge >= 0.3 is 0 Å². The number of methoxy groups -OCH3 is 1. The molecule has 2 amide bonds. The second kappa shape index (κ2) is 10.4. The molecule has 1 heterocycles. The van der Waals surface area contributed by atoms with E-state index >= 15 is 0 Å². The summed E-state index contributed by atoms with van der Waals surface area (Å²) in [4.78, 5) is 27.4. The Morgan fingerprint density at radius 2 is 1.84 bits per heavy atom. The van der Waals surface area contributed by atoms with Crippen molar-refractivity contribution in [3.8, 4) is 5.75 Å². The molecule has 0 radical (unpaired) electrons. The molecule has 172 valence electrons. The number of carbonyl (C=O) groups is 2. The first-order valence-electron chi connectivity index (χ1n) is 10.3. The average Bonchev–Trinajstić information content (AvgIpc) is 2.80. The van der Waals surface area contributed by atoms with Gasteiger partial charge in [0.25, 0.3) is 0 Å². The lowest BCUT2D eigenvalue weighted by atomic mass is 10.2. The fraction of sp³-hybridized carbons (Fsp3) is 0.364. The highest BCUT2D eigenvalue weighted by atomic mass is 32.2. The maximum atomic E-state index is 12.9. The molecule has 0 atom stereocenters. The number of hydrogen-bond acceptors (Lipinski definition) is 6. The minimum absolute atomic E-state index is 0.110. The highest BCUT2D eigenvalue weighted by Crippen LogP contribution is 2.37. The van der Waals surface area contributed by atoms with Gasteiger partial charge in [-0.05, 0) is 35.9 Å². The Hall–Kier alpha value is -2.56. The molecule has 0 bridgehead atoms. The van der Waals surface area contributed by atoms with E-state index in [0.717, 1.165) is 16.2 Å². The first-order valence-corrected chi connectivity index (χ1v) is 12.7. The lowest BCUT2D eigenvalue weighted by molar-refractivity contribution is -0.123. The van der Waals surface area contributed by atoms with E-state index in [1.807, 2.05) is 12.1 Å². The number of nitrogens with zero attached hydrogens (tertiary/aromatic N) is 2. The van der Waals surface area contributed by atoms with Gasteiger partial charge in [0.1, 0.15) is 12.3 Å². The number of fused-ring (bicyclic) bond motifs is 1. The van der Waals surface area contributed by atoms with Crippen molar-refractivity contribution in [2.24, 2.45) is 0 Å². The van der Waals surface area contributed by atoms with Crippen molar-refractivity contribution in [3.05, 3.63) is 48.0 Å². The first-order chi connectivity index (χ1) is 15.3. The second-order valence-electron chi connectivity index (χ2n) is 7.11. The van der Waals surface area contributed by atoms with Crippen molar-refractivity contribution in [3.63, 3.8) is 0 Å². The molecule has 1 aliphatic rings. The summed E-state index contributed by atoms with van der Waals surface area (Å²) in [5.74, 6) is 0.355. The predicted molar refractivity (Wildman–Crippen MR) is 124 cm³/mol. The van der Waals surface area contributed by atoms with Crippen molar-refractivity contribution in [1.29, 1.82) is 0 Å². The van der Waals surface area contributed by atoms with Crippen LogP contribution in [0.1, 0.15) is 19.4 Å². The number of benzene rings is 2. The van der Waals surface area contributed by atoms with Gasteiger partial charge in [0.2, 0.25) is 21.8 Å². The van der Waals surface area contributed by atoms with E-state index in [1.165, 1.54) is 27.0 Å². The molecule has 0 fully saturated rings. The number of anilines is 1. The number of nitrogens with one attached hydrogen (secondary N) is 1. The molecule has 10 heteroatoms. The Kier molecular flexibility index (Phi) is 7.81. The van der Waals surface area contributed by atoms with Crippen LogP contribution in [0.25, 0.3) is 0 Å². The minimum Gasteiger partial charge on any atom is -0.497 e. The Balaban J connectivity index is 1.77. The zero-order valence-corrected chi connectivity index (χ0v) is 20.0. The zero-order valence-electron chi connectivity index (χ0n) is 18.3. The van der Waals surface area contributed by atoms with Gasteiger partial charge in [-0.25, -0.2) is 8.42 Å². The van der Waals surface area contributed by atoms with E-state index in [1.54, 1.807) is 45.2 Å². The van der Waals surface area contributed by atoms with E-state index in [9.17, 15) is 18.0 Å². The third kappa shape index (κ3) is 5.25. The molecule has 0 aliphatic carbocycles. The summed E-state index contributed by atoms with van der Waals surface area (Å²) in [5.41, 5.74) is 1.34. The zero-order chi connectivity index (χ0) is 23.3. The van der Waals surface area contributed by atoms with Crippen LogP contribution in [-0.4, -0.2) is 57.0 Å². The van der Waals surface area contributed by atoms with Crippen LogP contribution >= 0.6 is 11.8 Å². The fourth-order valence-corrected chi connectivity index (χ4v) is 5.77. The molecule has 0 spiro atoms. The van der Waals surface area contributed by atoms with Gasteiger partial charge < -0.3 is 15.0 Å². The van der Waals surface area contributed by atoms with Crippen LogP contribution in [-0.2, 0) is 26.2 Å². The van der Waals surface area contributed by atoms with Gasteiger partial charge in [-0.1, -0.05) is 26.0 Å². The molecule has 32 heavy (non-hydrogen) atoms. The highest BCUT2D eigenvalue weighted by Gasteiger charge is 2.30. The van der Waals surface area contributed by atoms with Crippen molar-refractivity contribution in [1.82, 2.24) is 9.62 Å². The van der Waals surface area contributed by atoms with Crippen LogP contribution < -0.4 is 15.0 Å².